The molecule has 0 radical (unpaired) electrons. The van der Waals surface area contributed by atoms with E-state index in [0.717, 1.165) is 4.88 Å². The minimum atomic E-state index is -3.48. The average Bonchev–Trinajstić information content (AvgIpc) is 3.18. The number of aromatic amines is 1. The predicted molar refractivity (Wildman–Crippen MR) is 83.6 cm³/mol. The molecule has 0 aliphatic heterocycles. The molecule has 114 valence electrons. The Morgan fingerprint density at radius 2 is 2.00 bits per heavy atom. The van der Waals surface area contributed by atoms with Crippen molar-refractivity contribution in [1.82, 2.24) is 15.2 Å². The first-order valence-corrected chi connectivity index (χ1v) is 8.93. The molecule has 0 aliphatic carbocycles. The van der Waals surface area contributed by atoms with Gasteiger partial charge in [0.15, 0.2) is 15.7 Å². The zero-order chi connectivity index (χ0) is 15.6. The van der Waals surface area contributed by atoms with Crippen LogP contribution in [0.25, 0.3) is 10.7 Å². The number of H-pyrrole nitrogens is 1. The van der Waals surface area contributed by atoms with Crippen LogP contribution >= 0.6 is 11.3 Å². The molecule has 0 bridgehead atoms. The molecule has 0 amide bonds. The molecule has 3 aromatic rings. The number of nitrogens with zero attached hydrogens (tertiary/aromatic N) is 2. The van der Waals surface area contributed by atoms with E-state index in [1.807, 2.05) is 17.5 Å². The molecular formula is C14H13N3O3S2. The van der Waals surface area contributed by atoms with E-state index in [0.29, 0.717) is 17.4 Å². The quantitative estimate of drug-likeness (QED) is 0.774. The lowest BCUT2D eigenvalue weighted by Gasteiger charge is -2.03. The van der Waals surface area contributed by atoms with Crippen molar-refractivity contribution in [3.63, 3.8) is 0 Å². The second kappa shape index (κ2) is 5.90. The summed E-state index contributed by atoms with van der Waals surface area (Å²) in [6.45, 7) is 0. The summed E-state index contributed by atoms with van der Waals surface area (Å²) in [7, 11) is -1.95. The van der Waals surface area contributed by atoms with Crippen LogP contribution in [0, 0.1) is 0 Å². The Balaban J connectivity index is 1.82. The van der Waals surface area contributed by atoms with Crippen LogP contribution in [0.2, 0.25) is 0 Å². The first-order chi connectivity index (χ1) is 10.6. The van der Waals surface area contributed by atoms with Crippen molar-refractivity contribution >= 4 is 21.2 Å². The highest BCUT2D eigenvalue weighted by atomic mass is 32.2. The Morgan fingerprint density at radius 3 is 2.64 bits per heavy atom. The summed E-state index contributed by atoms with van der Waals surface area (Å²) in [6, 6.07) is 10.0. The zero-order valence-corrected chi connectivity index (χ0v) is 13.3. The number of aromatic nitrogens is 3. The molecule has 1 N–H and O–H groups in total. The largest absolute Gasteiger partial charge is 0.497 e. The zero-order valence-electron chi connectivity index (χ0n) is 11.7. The van der Waals surface area contributed by atoms with Gasteiger partial charge in [-0.1, -0.05) is 6.07 Å². The maximum Gasteiger partial charge on any atom is 0.191 e. The molecule has 0 fully saturated rings. The second-order valence-corrected chi connectivity index (χ2v) is 7.45. The van der Waals surface area contributed by atoms with Crippen molar-refractivity contribution in [3.05, 3.63) is 47.6 Å². The first-order valence-electron chi connectivity index (χ1n) is 6.40. The number of nitrogens with one attached hydrogen (secondary N) is 1. The van der Waals surface area contributed by atoms with Crippen molar-refractivity contribution < 1.29 is 13.2 Å². The monoisotopic (exact) mass is 335 g/mol. The summed E-state index contributed by atoms with van der Waals surface area (Å²) < 4.78 is 29.8. The third kappa shape index (κ3) is 3.02. The number of rotatable bonds is 5. The van der Waals surface area contributed by atoms with Gasteiger partial charge >= 0.3 is 0 Å². The van der Waals surface area contributed by atoms with Gasteiger partial charge in [-0.3, -0.25) is 5.10 Å². The maximum atomic E-state index is 12.4. The summed E-state index contributed by atoms with van der Waals surface area (Å²) in [4.78, 5) is 5.35. The average molecular weight is 335 g/mol. The molecule has 2 aromatic heterocycles. The highest BCUT2D eigenvalue weighted by Crippen LogP contribution is 2.22. The van der Waals surface area contributed by atoms with Crippen LogP contribution < -0.4 is 4.74 Å². The van der Waals surface area contributed by atoms with Crippen molar-refractivity contribution in [1.29, 1.82) is 0 Å². The summed E-state index contributed by atoms with van der Waals surface area (Å²) in [5, 5.41) is 8.65. The lowest BCUT2D eigenvalue weighted by atomic mass is 10.3. The molecule has 22 heavy (non-hydrogen) atoms. The van der Waals surface area contributed by atoms with Gasteiger partial charge in [-0.25, -0.2) is 13.4 Å². The SMILES string of the molecule is COc1ccc(S(=O)(=O)Cc2nc(-c3cccs3)n[nH]2)cc1. The van der Waals surface area contributed by atoms with Gasteiger partial charge in [0.25, 0.3) is 0 Å². The fourth-order valence-electron chi connectivity index (χ4n) is 1.92. The van der Waals surface area contributed by atoms with Crippen LogP contribution in [-0.2, 0) is 15.6 Å². The summed E-state index contributed by atoms with van der Waals surface area (Å²) in [5.41, 5.74) is 0. The highest BCUT2D eigenvalue weighted by Gasteiger charge is 2.18. The minimum Gasteiger partial charge on any atom is -0.497 e. The van der Waals surface area contributed by atoms with Crippen molar-refractivity contribution in [2.75, 3.05) is 7.11 Å². The molecule has 0 unspecified atom stereocenters. The molecule has 8 heteroatoms. The minimum absolute atomic E-state index is 0.224. The maximum absolute atomic E-state index is 12.4. The highest BCUT2D eigenvalue weighted by molar-refractivity contribution is 7.90. The Hall–Kier alpha value is -2.19. The number of hydrogen-bond acceptors (Lipinski definition) is 6. The van der Waals surface area contributed by atoms with Gasteiger partial charge in [0.05, 0.1) is 16.9 Å². The number of sulfone groups is 1. The molecular weight excluding hydrogens is 322 g/mol. The Bertz CT molecular complexity index is 853. The molecule has 0 aliphatic rings. The van der Waals surface area contributed by atoms with Gasteiger partial charge in [-0.15, -0.1) is 11.3 Å². The molecule has 1 aromatic carbocycles. The predicted octanol–water partition coefficient (Wildman–Crippen LogP) is 2.52. The molecule has 3 rings (SSSR count). The third-order valence-electron chi connectivity index (χ3n) is 3.02. The Labute approximate surface area is 131 Å². The number of methoxy groups -OCH3 is 1. The van der Waals surface area contributed by atoms with Crippen LogP contribution in [0.15, 0.2) is 46.7 Å². The van der Waals surface area contributed by atoms with E-state index in [-0.39, 0.29) is 10.6 Å². The Kier molecular flexibility index (Phi) is 3.95. The van der Waals surface area contributed by atoms with Crippen LogP contribution in [0.3, 0.4) is 0 Å². The van der Waals surface area contributed by atoms with Gasteiger partial charge in [-0.2, -0.15) is 5.10 Å². The smallest absolute Gasteiger partial charge is 0.191 e. The van der Waals surface area contributed by atoms with Gasteiger partial charge in [0.1, 0.15) is 17.3 Å². The number of ether oxygens (including phenoxy) is 1. The van der Waals surface area contributed by atoms with Crippen LogP contribution in [0.4, 0.5) is 0 Å². The van der Waals surface area contributed by atoms with E-state index in [9.17, 15) is 8.42 Å². The van der Waals surface area contributed by atoms with Crippen LogP contribution in [-0.4, -0.2) is 30.7 Å². The summed E-state index contributed by atoms with van der Waals surface area (Å²) in [6.07, 6.45) is 0. The lowest BCUT2D eigenvalue weighted by Crippen LogP contribution is -2.06. The van der Waals surface area contributed by atoms with E-state index >= 15 is 0 Å². The Morgan fingerprint density at radius 1 is 1.23 bits per heavy atom. The van der Waals surface area contributed by atoms with Gasteiger partial charge in [0.2, 0.25) is 0 Å². The van der Waals surface area contributed by atoms with Gasteiger partial charge in [-0.05, 0) is 35.7 Å². The van der Waals surface area contributed by atoms with Crippen LogP contribution in [0.1, 0.15) is 5.82 Å². The number of thiophene rings is 1. The molecule has 6 nitrogen and oxygen atoms in total. The molecule has 0 saturated carbocycles. The van der Waals surface area contributed by atoms with Gasteiger partial charge < -0.3 is 4.74 Å². The fraction of sp³-hybridized carbons (Fsp3) is 0.143. The number of hydrogen-bond donors (Lipinski definition) is 1. The van der Waals surface area contributed by atoms with E-state index in [1.165, 1.54) is 30.6 Å². The third-order valence-corrected chi connectivity index (χ3v) is 5.53. The standard InChI is InChI=1S/C14H13N3O3S2/c1-20-10-4-6-11(7-5-10)22(18,19)9-13-15-14(17-16-13)12-3-2-8-21-12/h2-8H,9H2,1H3,(H,15,16,17). The number of benzene rings is 1. The second-order valence-electron chi connectivity index (χ2n) is 4.52. The lowest BCUT2D eigenvalue weighted by molar-refractivity contribution is 0.414. The molecule has 0 saturated heterocycles. The van der Waals surface area contributed by atoms with Crippen molar-refractivity contribution in [2.24, 2.45) is 0 Å². The first kappa shape index (κ1) is 14.7. The molecule has 0 atom stereocenters. The van der Waals surface area contributed by atoms with E-state index in [4.69, 9.17) is 4.74 Å². The van der Waals surface area contributed by atoms with E-state index in [1.54, 1.807) is 12.1 Å². The van der Waals surface area contributed by atoms with Crippen molar-refractivity contribution in [2.45, 2.75) is 10.6 Å². The van der Waals surface area contributed by atoms with Gasteiger partial charge in [0, 0.05) is 0 Å². The van der Waals surface area contributed by atoms with Crippen LogP contribution in [0.5, 0.6) is 5.75 Å². The fourth-order valence-corrected chi connectivity index (χ4v) is 3.79. The van der Waals surface area contributed by atoms with E-state index in [2.05, 4.69) is 15.2 Å². The van der Waals surface area contributed by atoms with Crippen molar-refractivity contribution in [3.8, 4) is 16.5 Å². The summed E-state index contributed by atoms with van der Waals surface area (Å²) >= 11 is 1.50. The van der Waals surface area contributed by atoms with E-state index < -0.39 is 9.84 Å². The topological polar surface area (TPSA) is 84.9 Å². The normalized spacial score (nSPS) is 11.5. The summed E-state index contributed by atoms with van der Waals surface area (Å²) in [5.74, 6) is 1.21. The molecule has 2 heterocycles. The molecule has 0 spiro atoms.